The van der Waals surface area contributed by atoms with E-state index in [-0.39, 0.29) is 11.8 Å². The lowest BCUT2D eigenvalue weighted by atomic mass is 9.99. The number of carbonyl (C=O) groups is 2. The van der Waals surface area contributed by atoms with Crippen LogP contribution < -0.4 is 10.6 Å². The fourth-order valence-electron chi connectivity index (χ4n) is 1.40. The van der Waals surface area contributed by atoms with E-state index in [9.17, 15) is 9.59 Å². The van der Waals surface area contributed by atoms with E-state index in [0.717, 1.165) is 6.42 Å². The van der Waals surface area contributed by atoms with Crippen molar-refractivity contribution in [2.45, 2.75) is 52.6 Å². The van der Waals surface area contributed by atoms with Crippen molar-refractivity contribution < 1.29 is 14.7 Å². The summed E-state index contributed by atoms with van der Waals surface area (Å²) in [6.45, 7) is 8.29. The molecule has 0 spiro atoms. The summed E-state index contributed by atoms with van der Waals surface area (Å²) >= 11 is 0. The summed E-state index contributed by atoms with van der Waals surface area (Å²) in [4.78, 5) is 22.5. The predicted molar refractivity (Wildman–Crippen MR) is 66.8 cm³/mol. The van der Waals surface area contributed by atoms with Gasteiger partial charge in [-0.15, -0.1) is 0 Å². The molecule has 0 aliphatic carbocycles. The van der Waals surface area contributed by atoms with Gasteiger partial charge < -0.3 is 15.7 Å². The molecule has 0 radical (unpaired) electrons. The van der Waals surface area contributed by atoms with Gasteiger partial charge in [-0.2, -0.15) is 0 Å². The number of hydrogen-bond acceptors (Lipinski definition) is 3. The van der Waals surface area contributed by atoms with Gasteiger partial charge in [-0.1, -0.05) is 34.1 Å². The van der Waals surface area contributed by atoms with E-state index in [2.05, 4.69) is 10.6 Å². The molecule has 0 heterocycles. The number of amides is 1. The van der Waals surface area contributed by atoms with E-state index in [1.54, 1.807) is 0 Å². The number of hydrogen-bond donors (Lipinski definition) is 3. The Balaban J connectivity index is 4.09. The minimum atomic E-state index is -0.968. The average Bonchev–Trinajstić information content (AvgIpc) is 2.24. The van der Waals surface area contributed by atoms with E-state index in [0.29, 0.717) is 19.0 Å². The minimum Gasteiger partial charge on any atom is -0.480 e. The van der Waals surface area contributed by atoms with Gasteiger partial charge in [-0.05, 0) is 5.92 Å². The molecule has 1 amide bonds. The Labute approximate surface area is 103 Å². The molecule has 0 unspecified atom stereocenters. The van der Waals surface area contributed by atoms with Crippen LogP contribution in [0.4, 0.5) is 0 Å². The summed E-state index contributed by atoms with van der Waals surface area (Å²) in [6, 6.07) is -0.459. The Morgan fingerprint density at radius 3 is 2.24 bits per heavy atom. The molecule has 0 aromatic carbocycles. The molecule has 5 nitrogen and oxygen atoms in total. The molecular weight excluding hydrogens is 220 g/mol. The van der Waals surface area contributed by atoms with Crippen LogP contribution in [-0.2, 0) is 9.59 Å². The van der Waals surface area contributed by atoms with Gasteiger partial charge in [0.05, 0.1) is 0 Å². The summed E-state index contributed by atoms with van der Waals surface area (Å²) in [7, 11) is 0. The second kappa shape index (κ2) is 8.06. The van der Waals surface area contributed by atoms with Crippen LogP contribution in [0.25, 0.3) is 0 Å². The summed E-state index contributed by atoms with van der Waals surface area (Å²) in [6.07, 6.45) is 1.03. The van der Waals surface area contributed by atoms with Crippen LogP contribution in [0, 0.1) is 5.92 Å². The Hall–Kier alpha value is -1.10. The van der Waals surface area contributed by atoms with Gasteiger partial charge in [-0.25, -0.2) is 4.79 Å². The molecule has 0 bridgehead atoms. The van der Waals surface area contributed by atoms with Crippen LogP contribution in [0.2, 0.25) is 0 Å². The van der Waals surface area contributed by atoms with Crippen molar-refractivity contribution in [3.8, 4) is 0 Å². The summed E-state index contributed by atoms with van der Waals surface area (Å²) in [5.74, 6) is -1.25. The SMILES string of the molecule is CC[C@H](C)[C@H](NC(=O)CCNC(C)C)C(=O)O. The van der Waals surface area contributed by atoms with Crippen LogP contribution in [-0.4, -0.2) is 35.6 Å². The third-order valence-corrected chi connectivity index (χ3v) is 2.70. The highest BCUT2D eigenvalue weighted by molar-refractivity contribution is 5.83. The standard InChI is InChI=1S/C12H24N2O3/c1-5-9(4)11(12(16)17)14-10(15)6-7-13-8(2)3/h8-9,11,13H,5-7H2,1-4H3,(H,14,15)(H,16,17)/t9-,11-/m0/s1. The first-order valence-electron chi connectivity index (χ1n) is 6.14. The molecule has 0 rings (SSSR count). The van der Waals surface area contributed by atoms with E-state index in [1.807, 2.05) is 27.7 Å². The quantitative estimate of drug-likeness (QED) is 0.595. The molecule has 0 aliphatic rings. The first kappa shape index (κ1) is 15.9. The molecule has 3 N–H and O–H groups in total. The van der Waals surface area contributed by atoms with Crippen LogP contribution in [0.1, 0.15) is 40.5 Å². The Morgan fingerprint density at radius 1 is 1.24 bits per heavy atom. The lowest BCUT2D eigenvalue weighted by Gasteiger charge is -2.20. The van der Waals surface area contributed by atoms with Gasteiger partial charge in [0.15, 0.2) is 0 Å². The van der Waals surface area contributed by atoms with Crippen molar-refractivity contribution >= 4 is 11.9 Å². The molecule has 0 saturated heterocycles. The lowest BCUT2D eigenvalue weighted by molar-refractivity contribution is -0.143. The lowest BCUT2D eigenvalue weighted by Crippen LogP contribution is -2.45. The fourth-order valence-corrected chi connectivity index (χ4v) is 1.40. The summed E-state index contributed by atoms with van der Waals surface area (Å²) in [5, 5.41) is 14.7. The van der Waals surface area contributed by atoms with Crippen molar-refractivity contribution in [2.75, 3.05) is 6.54 Å². The highest BCUT2D eigenvalue weighted by Gasteiger charge is 2.24. The van der Waals surface area contributed by atoms with Gasteiger partial charge in [0.25, 0.3) is 0 Å². The zero-order valence-electron chi connectivity index (χ0n) is 11.1. The van der Waals surface area contributed by atoms with E-state index in [1.165, 1.54) is 0 Å². The van der Waals surface area contributed by atoms with E-state index >= 15 is 0 Å². The summed E-state index contributed by atoms with van der Waals surface area (Å²) < 4.78 is 0. The van der Waals surface area contributed by atoms with Gasteiger partial charge in [0.1, 0.15) is 6.04 Å². The molecule has 17 heavy (non-hydrogen) atoms. The number of carboxylic acids is 1. The highest BCUT2D eigenvalue weighted by atomic mass is 16.4. The number of rotatable bonds is 8. The topological polar surface area (TPSA) is 78.4 Å². The van der Waals surface area contributed by atoms with Crippen LogP contribution in [0.3, 0.4) is 0 Å². The molecule has 0 aromatic heterocycles. The highest BCUT2D eigenvalue weighted by Crippen LogP contribution is 2.07. The van der Waals surface area contributed by atoms with Crippen LogP contribution in [0.15, 0.2) is 0 Å². The van der Waals surface area contributed by atoms with E-state index in [4.69, 9.17) is 5.11 Å². The molecule has 5 heteroatoms. The van der Waals surface area contributed by atoms with Gasteiger partial charge >= 0.3 is 5.97 Å². The predicted octanol–water partition coefficient (Wildman–Crippen LogP) is 0.990. The molecule has 0 aromatic rings. The number of carboxylic acid groups (broad SMARTS) is 1. The van der Waals surface area contributed by atoms with Gasteiger partial charge in [0.2, 0.25) is 5.91 Å². The Bertz CT molecular complexity index is 254. The minimum absolute atomic E-state index is 0.0606. The second-order valence-corrected chi connectivity index (χ2v) is 4.63. The van der Waals surface area contributed by atoms with Gasteiger partial charge in [-0.3, -0.25) is 4.79 Å². The average molecular weight is 244 g/mol. The molecule has 100 valence electrons. The maximum absolute atomic E-state index is 11.5. The molecule has 2 atom stereocenters. The van der Waals surface area contributed by atoms with E-state index < -0.39 is 12.0 Å². The van der Waals surface area contributed by atoms with Crippen LogP contribution in [0.5, 0.6) is 0 Å². The summed E-state index contributed by atoms with van der Waals surface area (Å²) in [5.41, 5.74) is 0. The third-order valence-electron chi connectivity index (χ3n) is 2.70. The Morgan fingerprint density at radius 2 is 1.82 bits per heavy atom. The third kappa shape index (κ3) is 6.94. The second-order valence-electron chi connectivity index (χ2n) is 4.63. The van der Waals surface area contributed by atoms with Crippen molar-refractivity contribution in [1.29, 1.82) is 0 Å². The van der Waals surface area contributed by atoms with Crippen molar-refractivity contribution in [2.24, 2.45) is 5.92 Å². The Kier molecular flexibility index (Phi) is 7.54. The molecular formula is C12H24N2O3. The largest absolute Gasteiger partial charge is 0.480 e. The first-order chi connectivity index (χ1) is 7.88. The zero-order valence-corrected chi connectivity index (χ0v) is 11.1. The van der Waals surface area contributed by atoms with Gasteiger partial charge in [0, 0.05) is 19.0 Å². The maximum atomic E-state index is 11.5. The number of nitrogens with one attached hydrogen (secondary N) is 2. The number of carbonyl (C=O) groups excluding carboxylic acids is 1. The van der Waals surface area contributed by atoms with Crippen molar-refractivity contribution in [3.63, 3.8) is 0 Å². The molecule has 0 saturated carbocycles. The fraction of sp³-hybridized carbons (Fsp3) is 0.833. The zero-order chi connectivity index (χ0) is 13.4. The first-order valence-corrected chi connectivity index (χ1v) is 6.14. The monoisotopic (exact) mass is 244 g/mol. The van der Waals surface area contributed by atoms with Crippen molar-refractivity contribution in [1.82, 2.24) is 10.6 Å². The van der Waals surface area contributed by atoms with Crippen LogP contribution >= 0.6 is 0 Å². The molecule has 0 aliphatic heterocycles. The number of aliphatic carboxylic acids is 1. The molecule has 0 fully saturated rings. The maximum Gasteiger partial charge on any atom is 0.326 e. The smallest absolute Gasteiger partial charge is 0.326 e. The normalized spacial score (nSPS) is 14.4. The van der Waals surface area contributed by atoms with Crippen molar-refractivity contribution in [3.05, 3.63) is 0 Å².